The molecule has 0 aromatic carbocycles. The van der Waals surface area contributed by atoms with Gasteiger partial charge in [-0.25, -0.2) is 8.42 Å². The van der Waals surface area contributed by atoms with Gasteiger partial charge in [-0.1, -0.05) is 19.8 Å². The van der Waals surface area contributed by atoms with E-state index in [0.29, 0.717) is 18.1 Å². The minimum absolute atomic E-state index is 0.0165. The fraction of sp³-hybridized carbons (Fsp3) is 1.00. The molecule has 3 aliphatic rings. The molecule has 2 saturated heterocycles. The van der Waals surface area contributed by atoms with E-state index in [1.165, 1.54) is 12.8 Å². The molecule has 2 aliphatic heterocycles. The molecule has 4 atom stereocenters. The van der Waals surface area contributed by atoms with Gasteiger partial charge in [-0.3, -0.25) is 0 Å². The van der Waals surface area contributed by atoms with Gasteiger partial charge in [0.2, 0.25) is 0 Å². The Balaban J connectivity index is 1.74. The zero-order chi connectivity index (χ0) is 12.8. The third-order valence-electron chi connectivity index (χ3n) is 4.75. The van der Waals surface area contributed by atoms with Gasteiger partial charge in [0.15, 0.2) is 9.84 Å². The molecule has 0 aromatic rings. The minimum atomic E-state index is -2.86. The summed E-state index contributed by atoms with van der Waals surface area (Å²) in [6.45, 7) is 3.05. The third kappa shape index (κ3) is 2.45. The highest BCUT2D eigenvalue weighted by Crippen LogP contribution is 2.36. The fourth-order valence-corrected chi connectivity index (χ4v) is 5.52. The smallest absolute Gasteiger partial charge is 0.152 e. The number of hydrogen-bond donors (Lipinski definition) is 1. The summed E-state index contributed by atoms with van der Waals surface area (Å²) in [5.41, 5.74) is 0.0473. The summed E-state index contributed by atoms with van der Waals surface area (Å²) in [6, 6.07) is 0.0165. The van der Waals surface area contributed by atoms with Crippen molar-refractivity contribution in [1.29, 1.82) is 0 Å². The molecular weight excluding hydrogens is 250 g/mol. The highest BCUT2D eigenvalue weighted by Gasteiger charge is 2.46. The Morgan fingerprint density at radius 1 is 1.33 bits per heavy atom. The van der Waals surface area contributed by atoms with Crippen molar-refractivity contribution >= 4 is 9.84 Å². The summed E-state index contributed by atoms with van der Waals surface area (Å²) in [4.78, 5) is 0. The van der Waals surface area contributed by atoms with E-state index >= 15 is 0 Å². The lowest BCUT2D eigenvalue weighted by Gasteiger charge is -2.50. The predicted molar refractivity (Wildman–Crippen MR) is 70.3 cm³/mol. The van der Waals surface area contributed by atoms with Gasteiger partial charge in [0, 0.05) is 11.6 Å². The highest BCUT2D eigenvalue weighted by atomic mass is 32.2. The maximum absolute atomic E-state index is 11.7. The van der Waals surface area contributed by atoms with E-state index in [0.717, 1.165) is 19.4 Å². The van der Waals surface area contributed by atoms with E-state index in [9.17, 15) is 8.42 Å². The number of nitrogens with one attached hydrogen (secondary N) is 1. The van der Waals surface area contributed by atoms with E-state index in [2.05, 4.69) is 12.2 Å². The molecule has 0 radical (unpaired) electrons. The van der Waals surface area contributed by atoms with E-state index in [1.807, 2.05) is 0 Å². The van der Waals surface area contributed by atoms with Crippen LogP contribution in [-0.2, 0) is 14.6 Å². The molecule has 0 aromatic heterocycles. The van der Waals surface area contributed by atoms with Crippen molar-refractivity contribution in [2.45, 2.75) is 56.7 Å². The molecular formula is C13H23NO3S. The molecule has 18 heavy (non-hydrogen) atoms. The zero-order valence-corrected chi connectivity index (χ0v) is 11.8. The van der Waals surface area contributed by atoms with Gasteiger partial charge in [-0.15, -0.1) is 0 Å². The van der Waals surface area contributed by atoms with Crippen LogP contribution in [0.1, 0.15) is 39.0 Å². The van der Waals surface area contributed by atoms with Crippen LogP contribution in [0.25, 0.3) is 0 Å². The first kappa shape index (κ1) is 12.9. The molecule has 1 N–H and O–H groups in total. The molecule has 1 saturated carbocycles. The average Bonchev–Trinajstić information content (AvgIpc) is 2.27. The number of ether oxygens (including phenoxy) is 1. The van der Waals surface area contributed by atoms with Crippen LogP contribution >= 0.6 is 0 Å². The molecule has 0 amide bonds. The molecule has 3 fully saturated rings. The van der Waals surface area contributed by atoms with Crippen molar-refractivity contribution in [2.24, 2.45) is 5.92 Å². The second-order valence-electron chi connectivity index (χ2n) is 6.49. The summed E-state index contributed by atoms with van der Waals surface area (Å²) >= 11 is 0. The van der Waals surface area contributed by atoms with Gasteiger partial charge in [0.05, 0.1) is 24.2 Å². The molecule has 104 valence electrons. The van der Waals surface area contributed by atoms with E-state index in [1.54, 1.807) is 0 Å². The lowest BCUT2D eigenvalue weighted by atomic mass is 9.75. The molecule has 2 heterocycles. The Bertz CT molecular complexity index is 422. The number of rotatable bonds is 0. The van der Waals surface area contributed by atoms with Crippen molar-refractivity contribution in [3.8, 4) is 0 Å². The van der Waals surface area contributed by atoms with Crippen LogP contribution < -0.4 is 5.32 Å². The monoisotopic (exact) mass is 273 g/mol. The summed E-state index contributed by atoms with van der Waals surface area (Å²) in [7, 11) is -2.86. The predicted octanol–water partition coefficient (Wildman–Crippen LogP) is 1.11. The standard InChI is InChI=1S/C13H23NO3S/c1-10-3-2-5-13(7-10)9-17-12-4-6-18(15,16)8-11(12)14-13/h10-12,14H,2-9H2,1H3. The second-order valence-corrected chi connectivity index (χ2v) is 8.71. The van der Waals surface area contributed by atoms with Gasteiger partial charge < -0.3 is 10.1 Å². The van der Waals surface area contributed by atoms with Gasteiger partial charge >= 0.3 is 0 Å². The highest BCUT2D eigenvalue weighted by molar-refractivity contribution is 7.91. The Morgan fingerprint density at radius 3 is 2.94 bits per heavy atom. The normalized spacial score (nSPS) is 47.7. The van der Waals surface area contributed by atoms with E-state index in [4.69, 9.17) is 4.74 Å². The molecule has 5 heteroatoms. The molecule has 3 rings (SSSR count). The third-order valence-corrected chi connectivity index (χ3v) is 6.48. The number of morpholine rings is 1. The van der Waals surface area contributed by atoms with Gasteiger partial charge in [0.25, 0.3) is 0 Å². The first-order valence-electron chi connectivity index (χ1n) is 7.08. The lowest BCUT2D eigenvalue weighted by molar-refractivity contribution is -0.0764. The molecule has 4 unspecified atom stereocenters. The molecule has 1 spiro atoms. The van der Waals surface area contributed by atoms with Crippen molar-refractivity contribution in [1.82, 2.24) is 5.32 Å². The number of fused-ring (bicyclic) bond motifs is 1. The first-order valence-corrected chi connectivity index (χ1v) is 8.90. The van der Waals surface area contributed by atoms with Gasteiger partial charge in [-0.05, 0) is 25.2 Å². The van der Waals surface area contributed by atoms with Crippen LogP contribution in [0, 0.1) is 5.92 Å². The van der Waals surface area contributed by atoms with E-state index in [-0.39, 0.29) is 23.4 Å². The summed E-state index contributed by atoms with van der Waals surface area (Å²) in [6.07, 6.45) is 5.52. The number of hydrogen-bond acceptors (Lipinski definition) is 4. The van der Waals surface area contributed by atoms with Crippen LogP contribution in [0.2, 0.25) is 0 Å². The summed E-state index contributed by atoms with van der Waals surface area (Å²) in [5.74, 6) is 1.26. The van der Waals surface area contributed by atoms with E-state index < -0.39 is 9.84 Å². The summed E-state index contributed by atoms with van der Waals surface area (Å²) in [5, 5.41) is 3.65. The first-order chi connectivity index (χ1) is 8.48. The van der Waals surface area contributed by atoms with Crippen LogP contribution in [-0.4, -0.2) is 44.2 Å². The second kappa shape index (κ2) is 4.46. The SMILES string of the molecule is CC1CCCC2(COC3CCS(=O)(=O)CC3N2)C1. The summed E-state index contributed by atoms with van der Waals surface area (Å²) < 4.78 is 29.5. The Kier molecular flexibility index (Phi) is 3.19. The van der Waals surface area contributed by atoms with Gasteiger partial charge in [-0.2, -0.15) is 0 Å². The Labute approximate surface area is 109 Å². The van der Waals surface area contributed by atoms with Crippen LogP contribution in [0.5, 0.6) is 0 Å². The van der Waals surface area contributed by atoms with Crippen molar-refractivity contribution in [3.63, 3.8) is 0 Å². The number of sulfone groups is 1. The molecule has 4 nitrogen and oxygen atoms in total. The van der Waals surface area contributed by atoms with Gasteiger partial charge in [0.1, 0.15) is 0 Å². The maximum atomic E-state index is 11.7. The topological polar surface area (TPSA) is 55.4 Å². The quantitative estimate of drug-likeness (QED) is 0.718. The van der Waals surface area contributed by atoms with Crippen molar-refractivity contribution < 1.29 is 13.2 Å². The zero-order valence-electron chi connectivity index (χ0n) is 11.0. The van der Waals surface area contributed by atoms with Crippen LogP contribution in [0.15, 0.2) is 0 Å². The largest absolute Gasteiger partial charge is 0.375 e. The lowest BCUT2D eigenvalue weighted by Crippen LogP contribution is -2.66. The van der Waals surface area contributed by atoms with Crippen molar-refractivity contribution in [3.05, 3.63) is 0 Å². The van der Waals surface area contributed by atoms with Crippen LogP contribution in [0.4, 0.5) is 0 Å². The Hall–Kier alpha value is -0.130. The van der Waals surface area contributed by atoms with Crippen LogP contribution in [0.3, 0.4) is 0 Å². The molecule has 1 aliphatic carbocycles. The molecule has 0 bridgehead atoms. The fourth-order valence-electron chi connectivity index (χ4n) is 3.92. The van der Waals surface area contributed by atoms with Crippen molar-refractivity contribution in [2.75, 3.05) is 18.1 Å². The average molecular weight is 273 g/mol. The Morgan fingerprint density at radius 2 is 2.17 bits per heavy atom. The maximum Gasteiger partial charge on any atom is 0.152 e. The minimum Gasteiger partial charge on any atom is -0.375 e.